The highest BCUT2D eigenvalue weighted by Crippen LogP contribution is 2.06. The Balaban J connectivity index is 2.07. The van der Waals surface area contributed by atoms with Gasteiger partial charge in [-0.1, -0.05) is 0 Å². The van der Waals surface area contributed by atoms with Gasteiger partial charge in [-0.05, 0) is 13.0 Å². The lowest BCUT2D eigenvalue weighted by Gasteiger charge is -2.01. The van der Waals surface area contributed by atoms with Crippen LogP contribution in [0, 0.1) is 0 Å². The zero-order valence-electron chi connectivity index (χ0n) is 9.99. The molecule has 1 aromatic rings. The summed E-state index contributed by atoms with van der Waals surface area (Å²) in [6.45, 7) is 3.07. The average molecular weight is 228 g/mol. The lowest BCUT2D eigenvalue weighted by molar-refractivity contribution is 0.162. The first-order valence-electron chi connectivity index (χ1n) is 5.49. The van der Waals surface area contributed by atoms with Crippen LogP contribution in [0.25, 0.3) is 0 Å². The first-order valence-corrected chi connectivity index (χ1v) is 5.49. The van der Waals surface area contributed by atoms with Crippen LogP contribution < -0.4 is 5.32 Å². The second-order valence-electron chi connectivity index (χ2n) is 3.50. The van der Waals surface area contributed by atoms with Crippen molar-refractivity contribution >= 4 is 0 Å². The highest BCUT2D eigenvalue weighted by molar-refractivity contribution is 4.92. The molecule has 5 heteroatoms. The van der Waals surface area contributed by atoms with Gasteiger partial charge in [0.2, 0.25) is 0 Å². The molecule has 0 spiro atoms. The molecule has 0 saturated heterocycles. The van der Waals surface area contributed by atoms with Gasteiger partial charge in [-0.3, -0.25) is 0 Å². The molecule has 16 heavy (non-hydrogen) atoms. The van der Waals surface area contributed by atoms with Gasteiger partial charge in [-0.25, -0.2) is 4.98 Å². The number of aromatic nitrogens is 1. The molecule has 0 aliphatic rings. The Bertz CT molecular complexity index is 276. The van der Waals surface area contributed by atoms with Crippen LogP contribution >= 0.6 is 0 Å². The molecule has 0 bridgehead atoms. The molecule has 0 saturated carbocycles. The van der Waals surface area contributed by atoms with E-state index in [1.54, 1.807) is 20.4 Å². The summed E-state index contributed by atoms with van der Waals surface area (Å²) >= 11 is 0. The quantitative estimate of drug-likeness (QED) is 0.639. The number of ether oxygens (including phenoxy) is 2. The number of rotatable bonds is 9. The molecule has 0 fully saturated rings. The smallest absolute Gasteiger partial charge is 0.194 e. The standard InChI is InChI=1S/C11H20N2O3/c1-14-7-6-12-5-3-4-11-13-8-10(16-11)9-15-2/h8,12H,3-7,9H2,1-2H3. The third kappa shape index (κ3) is 5.25. The van der Waals surface area contributed by atoms with E-state index in [0.29, 0.717) is 6.61 Å². The van der Waals surface area contributed by atoms with E-state index < -0.39 is 0 Å². The summed E-state index contributed by atoms with van der Waals surface area (Å²) in [6, 6.07) is 0. The summed E-state index contributed by atoms with van der Waals surface area (Å²) in [7, 11) is 3.34. The predicted octanol–water partition coefficient (Wildman–Crippen LogP) is 0.990. The molecule has 0 aliphatic heterocycles. The number of nitrogens with zero attached hydrogens (tertiary/aromatic N) is 1. The van der Waals surface area contributed by atoms with Crippen molar-refractivity contribution in [2.75, 3.05) is 33.9 Å². The van der Waals surface area contributed by atoms with E-state index in [4.69, 9.17) is 13.9 Å². The second kappa shape index (κ2) is 8.27. The van der Waals surface area contributed by atoms with Crippen LogP contribution in [-0.2, 0) is 22.5 Å². The minimum atomic E-state index is 0.485. The van der Waals surface area contributed by atoms with Gasteiger partial charge in [0.1, 0.15) is 12.4 Å². The molecule has 0 atom stereocenters. The third-order valence-corrected chi connectivity index (χ3v) is 2.12. The summed E-state index contributed by atoms with van der Waals surface area (Å²) in [4.78, 5) is 4.17. The maximum Gasteiger partial charge on any atom is 0.194 e. The van der Waals surface area contributed by atoms with Gasteiger partial charge in [0.05, 0.1) is 12.8 Å². The Labute approximate surface area is 96.1 Å². The van der Waals surface area contributed by atoms with E-state index >= 15 is 0 Å². The number of hydrogen-bond donors (Lipinski definition) is 1. The van der Waals surface area contributed by atoms with Gasteiger partial charge >= 0.3 is 0 Å². The number of aryl methyl sites for hydroxylation is 1. The molecule has 1 N–H and O–H groups in total. The minimum absolute atomic E-state index is 0.485. The van der Waals surface area contributed by atoms with Crippen molar-refractivity contribution in [2.24, 2.45) is 0 Å². The van der Waals surface area contributed by atoms with Crippen molar-refractivity contribution < 1.29 is 13.9 Å². The Morgan fingerprint density at radius 3 is 2.94 bits per heavy atom. The summed E-state index contributed by atoms with van der Waals surface area (Å²) in [5.41, 5.74) is 0. The van der Waals surface area contributed by atoms with Gasteiger partial charge in [0.15, 0.2) is 5.89 Å². The minimum Gasteiger partial charge on any atom is -0.443 e. The molecule has 0 unspecified atom stereocenters. The molecular formula is C11H20N2O3. The fourth-order valence-corrected chi connectivity index (χ4v) is 1.34. The average Bonchev–Trinajstić information content (AvgIpc) is 2.72. The number of oxazole rings is 1. The van der Waals surface area contributed by atoms with Crippen LogP contribution in [0.15, 0.2) is 10.6 Å². The highest BCUT2D eigenvalue weighted by Gasteiger charge is 2.02. The van der Waals surface area contributed by atoms with Crippen LogP contribution in [-0.4, -0.2) is 38.9 Å². The largest absolute Gasteiger partial charge is 0.443 e. The molecule has 1 rings (SSSR count). The first kappa shape index (κ1) is 13.2. The summed E-state index contributed by atoms with van der Waals surface area (Å²) in [5, 5.41) is 3.27. The van der Waals surface area contributed by atoms with Crippen molar-refractivity contribution in [3.05, 3.63) is 17.8 Å². The molecule has 0 aliphatic carbocycles. The zero-order valence-corrected chi connectivity index (χ0v) is 9.99. The van der Waals surface area contributed by atoms with Crippen LogP contribution in [0.4, 0.5) is 0 Å². The topological polar surface area (TPSA) is 56.5 Å². The van der Waals surface area contributed by atoms with Crippen molar-refractivity contribution in [1.29, 1.82) is 0 Å². The molecule has 92 valence electrons. The van der Waals surface area contributed by atoms with E-state index in [0.717, 1.165) is 44.2 Å². The maximum atomic E-state index is 5.46. The van der Waals surface area contributed by atoms with Crippen LogP contribution in [0.3, 0.4) is 0 Å². The molecule has 1 aromatic heterocycles. The van der Waals surface area contributed by atoms with Crippen molar-refractivity contribution in [1.82, 2.24) is 10.3 Å². The lowest BCUT2D eigenvalue weighted by Crippen LogP contribution is -2.20. The van der Waals surface area contributed by atoms with Gasteiger partial charge < -0.3 is 19.2 Å². The number of methoxy groups -OCH3 is 2. The van der Waals surface area contributed by atoms with E-state index in [1.165, 1.54) is 0 Å². The zero-order chi connectivity index (χ0) is 11.6. The number of hydrogen-bond acceptors (Lipinski definition) is 5. The molecule has 1 heterocycles. The summed E-state index contributed by atoms with van der Waals surface area (Å²) < 4.78 is 15.3. The van der Waals surface area contributed by atoms with E-state index in [1.807, 2.05) is 0 Å². The maximum absolute atomic E-state index is 5.46. The van der Waals surface area contributed by atoms with Crippen molar-refractivity contribution in [3.8, 4) is 0 Å². The van der Waals surface area contributed by atoms with Gasteiger partial charge in [0.25, 0.3) is 0 Å². The molecule has 5 nitrogen and oxygen atoms in total. The fraction of sp³-hybridized carbons (Fsp3) is 0.727. The molecule has 0 amide bonds. The monoisotopic (exact) mass is 228 g/mol. The van der Waals surface area contributed by atoms with E-state index in [9.17, 15) is 0 Å². The van der Waals surface area contributed by atoms with Crippen LogP contribution in [0.2, 0.25) is 0 Å². The van der Waals surface area contributed by atoms with Gasteiger partial charge in [0, 0.05) is 27.2 Å². The second-order valence-corrected chi connectivity index (χ2v) is 3.50. The van der Waals surface area contributed by atoms with Crippen LogP contribution in [0.1, 0.15) is 18.1 Å². The van der Waals surface area contributed by atoms with Gasteiger partial charge in [-0.2, -0.15) is 0 Å². The Morgan fingerprint density at radius 1 is 1.31 bits per heavy atom. The summed E-state index contributed by atoms with van der Waals surface area (Å²) in [6.07, 6.45) is 3.58. The Hall–Kier alpha value is -0.910. The Kier molecular flexibility index (Phi) is 6.80. The third-order valence-electron chi connectivity index (χ3n) is 2.12. The molecule has 0 radical (unpaired) electrons. The Morgan fingerprint density at radius 2 is 2.19 bits per heavy atom. The normalized spacial score (nSPS) is 10.9. The van der Waals surface area contributed by atoms with Crippen molar-refractivity contribution in [2.45, 2.75) is 19.4 Å². The SMILES string of the molecule is COCCNCCCc1ncc(COC)o1. The molecule has 0 aromatic carbocycles. The lowest BCUT2D eigenvalue weighted by atomic mass is 10.3. The highest BCUT2D eigenvalue weighted by atomic mass is 16.5. The number of nitrogens with one attached hydrogen (secondary N) is 1. The first-order chi connectivity index (χ1) is 7.86. The van der Waals surface area contributed by atoms with E-state index in [-0.39, 0.29) is 0 Å². The predicted molar refractivity (Wildman–Crippen MR) is 60.3 cm³/mol. The van der Waals surface area contributed by atoms with Crippen molar-refractivity contribution in [3.63, 3.8) is 0 Å². The van der Waals surface area contributed by atoms with E-state index in [2.05, 4.69) is 10.3 Å². The van der Waals surface area contributed by atoms with Gasteiger partial charge in [-0.15, -0.1) is 0 Å². The summed E-state index contributed by atoms with van der Waals surface area (Å²) in [5.74, 6) is 1.56. The van der Waals surface area contributed by atoms with Crippen LogP contribution in [0.5, 0.6) is 0 Å². The molecular weight excluding hydrogens is 208 g/mol. The fourth-order valence-electron chi connectivity index (χ4n) is 1.34.